The number of aliphatic hydroxyl groups is 1. The molecule has 0 spiro atoms. The molecule has 0 atom stereocenters. The summed E-state index contributed by atoms with van der Waals surface area (Å²) in [6.07, 6.45) is 3.08. The van der Waals surface area contributed by atoms with E-state index in [4.69, 9.17) is 0 Å². The normalized spacial score (nSPS) is 20.5. The fraction of sp³-hybridized carbons (Fsp3) is 0.350. The second-order valence-corrected chi connectivity index (χ2v) is 7.33. The van der Waals surface area contributed by atoms with Crippen LogP contribution in [0.4, 0.5) is 0 Å². The quantitative estimate of drug-likeness (QED) is 0.808. The number of amides is 1. The lowest BCUT2D eigenvalue weighted by molar-refractivity contribution is 0.0867. The van der Waals surface area contributed by atoms with E-state index in [1.807, 2.05) is 42.5 Å². The van der Waals surface area contributed by atoms with E-state index in [1.54, 1.807) is 11.8 Å². The summed E-state index contributed by atoms with van der Waals surface area (Å²) in [4.78, 5) is 13.5. The van der Waals surface area contributed by atoms with E-state index in [1.165, 1.54) is 5.56 Å². The summed E-state index contributed by atoms with van der Waals surface area (Å²) in [5, 5.41) is 12.6. The average Bonchev–Trinajstić information content (AvgIpc) is 2.63. The maximum Gasteiger partial charge on any atom is 0.251 e. The van der Waals surface area contributed by atoms with Crippen molar-refractivity contribution in [3.8, 4) is 0 Å². The molecule has 3 rings (SSSR count). The highest BCUT2D eigenvalue weighted by molar-refractivity contribution is 7.98. The van der Waals surface area contributed by atoms with Gasteiger partial charge in [-0.1, -0.05) is 30.3 Å². The van der Waals surface area contributed by atoms with Gasteiger partial charge in [0, 0.05) is 22.3 Å². The van der Waals surface area contributed by atoms with Gasteiger partial charge < -0.3 is 10.4 Å². The zero-order valence-corrected chi connectivity index (χ0v) is 14.5. The lowest BCUT2D eigenvalue weighted by Gasteiger charge is -2.26. The molecule has 1 saturated carbocycles. The number of hydrogen-bond acceptors (Lipinski definition) is 3. The number of benzene rings is 2. The number of thioether (sulfide) groups is 1. The van der Waals surface area contributed by atoms with Gasteiger partial charge in [-0.25, -0.2) is 0 Å². The molecule has 0 aliphatic heterocycles. The average molecular weight is 341 g/mol. The predicted octanol–water partition coefficient (Wildman–Crippen LogP) is 4.01. The van der Waals surface area contributed by atoms with Gasteiger partial charge in [0.2, 0.25) is 0 Å². The summed E-state index contributed by atoms with van der Waals surface area (Å²) in [5.74, 6) is 0.910. The molecule has 1 amide bonds. The maximum atomic E-state index is 12.3. The zero-order chi connectivity index (χ0) is 16.8. The van der Waals surface area contributed by atoms with E-state index < -0.39 is 0 Å². The molecular weight excluding hydrogens is 318 g/mol. The molecule has 126 valence electrons. The van der Waals surface area contributed by atoms with E-state index in [2.05, 4.69) is 17.4 Å². The summed E-state index contributed by atoms with van der Waals surface area (Å²) in [7, 11) is 0. The van der Waals surface area contributed by atoms with Crippen molar-refractivity contribution in [2.45, 2.75) is 48.5 Å². The molecule has 3 nitrogen and oxygen atoms in total. The molecule has 2 aromatic rings. The Labute approximate surface area is 147 Å². The summed E-state index contributed by atoms with van der Waals surface area (Å²) in [5.41, 5.74) is 1.99. The summed E-state index contributed by atoms with van der Waals surface area (Å²) < 4.78 is 0. The molecule has 0 heterocycles. The zero-order valence-electron chi connectivity index (χ0n) is 13.7. The van der Waals surface area contributed by atoms with Crippen LogP contribution in [-0.2, 0) is 5.75 Å². The maximum absolute atomic E-state index is 12.3. The highest BCUT2D eigenvalue weighted by Crippen LogP contribution is 2.23. The number of nitrogens with one attached hydrogen (secondary N) is 1. The van der Waals surface area contributed by atoms with Gasteiger partial charge in [0.25, 0.3) is 5.91 Å². The topological polar surface area (TPSA) is 49.3 Å². The molecule has 0 bridgehead atoms. The number of carbonyl (C=O) groups is 1. The Morgan fingerprint density at radius 1 is 1.00 bits per heavy atom. The fourth-order valence-corrected chi connectivity index (χ4v) is 3.79. The van der Waals surface area contributed by atoms with Gasteiger partial charge in [-0.15, -0.1) is 11.8 Å². The van der Waals surface area contributed by atoms with Gasteiger partial charge in [-0.3, -0.25) is 4.79 Å². The van der Waals surface area contributed by atoms with E-state index in [-0.39, 0.29) is 18.1 Å². The molecule has 1 fully saturated rings. The molecule has 0 radical (unpaired) electrons. The second kappa shape index (κ2) is 8.36. The Kier molecular flexibility index (Phi) is 5.94. The van der Waals surface area contributed by atoms with Crippen LogP contribution in [-0.4, -0.2) is 23.2 Å². The third kappa shape index (κ3) is 4.86. The van der Waals surface area contributed by atoms with Crippen molar-refractivity contribution in [1.82, 2.24) is 5.32 Å². The van der Waals surface area contributed by atoms with E-state index in [0.29, 0.717) is 5.56 Å². The second-order valence-electron chi connectivity index (χ2n) is 6.28. The Morgan fingerprint density at radius 3 is 2.33 bits per heavy atom. The molecule has 0 aromatic heterocycles. The molecule has 0 unspecified atom stereocenters. The van der Waals surface area contributed by atoms with Crippen LogP contribution in [0.3, 0.4) is 0 Å². The molecule has 24 heavy (non-hydrogen) atoms. The molecule has 2 N–H and O–H groups in total. The van der Waals surface area contributed by atoms with E-state index in [0.717, 1.165) is 36.3 Å². The lowest BCUT2D eigenvalue weighted by atomic mass is 9.93. The van der Waals surface area contributed by atoms with Gasteiger partial charge in [0.1, 0.15) is 0 Å². The minimum atomic E-state index is -0.195. The van der Waals surface area contributed by atoms with Gasteiger partial charge in [-0.05, 0) is 55.5 Å². The first kappa shape index (κ1) is 17.1. The highest BCUT2D eigenvalue weighted by atomic mass is 32.2. The molecule has 2 aromatic carbocycles. The minimum Gasteiger partial charge on any atom is -0.393 e. The van der Waals surface area contributed by atoms with Crippen LogP contribution in [0, 0.1) is 0 Å². The SMILES string of the molecule is O=C(NC1CCC(O)CC1)c1ccc(SCc2ccccc2)cc1. The van der Waals surface area contributed by atoms with Crippen LogP contribution >= 0.6 is 11.8 Å². The van der Waals surface area contributed by atoms with Gasteiger partial charge in [0.15, 0.2) is 0 Å². The summed E-state index contributed by atoms with van der Waals surface area (Å²) in [6.45, 7) is 0. The third-order valence-corrected chi connectivity index (χ3v) is 5.48. The van der Waals surface area contributed by atoms with Crippen LogP contribution in [0.5, 0.6) is 0 Å². The van der Waals surface area contributed by atoms with Crippen molar-refractivity contribution in [3.05, 3.63) is 65.7 Å². The first-order valence-electron chi connectivity index (χ1n) is 8.46. The van der Waals surface area contributed by atoms with Crippen molar-refractivity contribution in [3.63, 3.8) is 0 Å². The molecule has 1 aliphatic rings. The minimum absolute atomic E-state index is 0.0176. The molecule has 1 aliphatic carbocycles. The highest BCUT2D eigenvalue weighted by Gasteiger charge is 2.21. The predicted molar refractivity (Wildman–Crippen MR) is 98.2 cm³/mol. The van der Waals surface area contributed by atoms with Gasteiger partial charge >= 0.3 is 0 Å². The van der Waals surface area contributed by atoms with E-state index in [9.17, 15) is 9.90 Å². The van der Waals surface area contributed by atoms with Crippen molar-refractivity contribution in [2.24, 2.45) is 0 Å². The van der Waals surface area contributed by atoms with Crippen molar-refractivity contribution in [1.29, 1.82) is 0 Å². The fourth-order valence-electron chi connectivity index (χ4n) is 2.93. The first-order chi connectivity index (χ1) is 11.7. The molecule has 4 heteroatoms. The molecule has 0 saturated heterocycles. The number of rotatable bonds is 5. The van der Waals surface area contributed by atoms with Crippen molar-refractivity contribution < 1.29 is 9.90 Å². The Hall–Kier alpha value is -1.78. The standard InChI is InChI=1S/C20H23NO2S/c22-18-10-8-17(9-11-18)21-20(23)16-6-12-19(13-7-16)24-14-15-4-2-1-3-5-15/h1-7,12-13,17-18,22H,8-11,14H2,(H,21,23). The Balaban J connectivity index is 1.51. The smallest absolute Gasteiger partial charge is 0.251 e. The number of hydrogen-bond donors (Lipinski definition) is 2. The monoisotopic (exact) mass is 341 g/mol. The van der Waals surface area contributed by atoms with Crippen molar-refractivity contribution >= 4 is 17.7 Å². The summed E-state index contributed by atoms with van der Waals surface area (Å²) in [6, 6.07) is 18.3. The number of carbonyl (C=O) groups excluding carboxylic acids is 1. The van der Waals surface area contributed by atoms with Gasteiger partial charge in [0.05, 0.1) is 6.10 Å². The van der Waals surface area contributed by atoms with Crippen molar-refractivity contribution in [2.75, 3.05) is 0 Å². The van der Waals surface area contributed by atoms with Crippen LogP contribution < -0.4 is 5.32 Å². The summed E-state index contributed by atoms with van der Waals surface area (Å²) >= 11 is 1.77. The van der Waals surface area contributed by atoms with Crippen LogP contribution in [0.15, 0.2) is 59.5 Å². The van der Waals surface area contributed by atoms with Crippen LogP contribution in [0.25, 0.3) is 0 Å². The lowest BCUT2D eigenvalue weighted by Crippen LogP contribution is -2.38. The first-order valence-corrected chi connectivity index (χ1v) is 9.45. The van der Waals surface area contributed by atoms with E-state index >= 15 is 0 Å². The van der Waals surface area contributed by atoms with Crippen LogP contribution in [0.1, 0.15) is 41.6 Å². The number of aliphatic hydroxyl groups excluding tert-OH is 1. The Bertz CT molecular complexity index is 649. The molecular formula is C20H23NO2S. The van der Waals surface area contributed by atoms with Crippen LogP contribution in [0.2, 0.25) is 0 Å². The largest absolute Gasteiger partial charge is 0.393 e. The third-order valence-electron chi connectivity index (χ3n) is 4.40. The Morgan fingerprint density at radius 2 is 1.67 bits per heavy atom. The van der Waals surface area contributed by atoms with Gasteiger partial charge in [-0.2, -0.15) is 0 Å².